The summed E-state index contributed by atoms with van der Waals surface area (Å²) in [6, 6.07) is 8.26. The Morgan fingerprint density at radius 1 is 1.17 bits per heavy atom. The molecule has 2 aromatic rings. The van der Waals surface area contributed by atoms with Gasteiger partial charge in [-0.2, -0.15) is 0 Å². The van der Waals surface area contributed by atoms with Gasteiger partial charge in [-0.25, -0.2) is 0 Å². The third-order valence-electron chi connectivity index (χ3n) is 9.31. The number of likely N-dealkylation sites (tertiary alicyclic amines) is 1. The summed E-state index contributed by atoms with van der Waals surface area (Å²) in [7, 11) is 0. The van der Waals surface area contributed by atoms with Crippen molar-refractivity contribution in [2.24, 2.45) is 0 Å². The molecule has 7 nitrogen and oxygen atoms in total. The van der Waals surface area contributed by atoms with Crippen LogP contribution in [0.1, 0.15) is 56.7 Å². The zero-order chi connectivity index (χ0) is 24.3. The van der Waals surface area contributed by atoms with Gasteiger partial charge >= 0.3 is 0 Å². The number of phenols is 1. The summed E-state index contributed by atoms with van der Waals surface area (Å²) in [6.45, 7) is 7.23. The smallest absolute Gasteiger partial charge is 0.261 e. The van der Waals surface area contributed by atoms with Crippen molar-refractivity contribution in [2.45, 2.75) is 61.8 Å². The molecule has 35 heavy (non-hydrogen) atoms. The quantitative estimate of drug-likeness (QED) is 0.528. The van der Waals surface area contributed by atoms with Crippen LogP contribution in [0.4, 0.5) is 0 Å². The number of aryl methyl sites for hydroxylation is 1. The zero-order valence-corrected chi connectivity index (χ0v) is 19.7. The number of ether oxygens (including phenoxy) is 1. The number of phenolic OH excluding ortho intramolecular Hbond substituents is 1. The van der Waals surface area contributed by atoms with E-state index in [1.807, 2.05) is 25.1 Å². The van der Waals surface area contributed by atoms with E-state index in [2.05, 4.69) is 11.5 Å². The number of piperidine rings is 1. The van der Waals surface area contributed by atoms with Crippen molar-refractivity contribution in [2.75, 3.05) is 13.1 Å². The highest BCUT2D eigenvalue weighted by Gasteiger charge is 2.74. The third kappa shape index (κ3) is 2.33. The topological polar surface area (TPSA) is 90.3 Å². The number of carbonyl (C=O) groups excluding carboxylic acids is 2. The first-order valence-electron chi connectivity index (χ1n) is 12.4. The van der Waals surface area contributed by atoms with E-state index in [1.54, 1.807) is 18.2 Å². The molecular weight excluding hydrogens is 444 g/mol. The van der Waals surface area contributed by atoms with Gasteiger partial charge < -0.3 is 14.9 Å². The Labute approximate surface area is 203 Å². The lowest BCUT2D eigenvalue weighted by atomic mass is 9.48. The second kappa shape index (κ2) is 6.74. The summed E-state index contributed by atoms with van der Waals surface area (Å²) in [5, 5.41) is 23.3. The Morgan fingerprint density at radius 2 is 1.97 bits per heavy atom. The second-order valence-corrected chi connectivity index (χ2v) is 10.8. The van der Waals surface area contributed by atoms with Crippen LogP contribution in [0, 0.1) is 6.92 Å². The number of hydrogen-bond donors (Lipinski definition) is 2. The predicted molar refractivity (Wildman–Crippen MR) is 128 cm³/mol. The van der Waals surface area contributed by atoms with Gasteiger partial charge in [-0.15, -0.1) is 6.58 Å². The van der Waals surface area contributed by atoms with E-state index in [9.17, 15) is 19.8 Å². The summed E-state index contributed by atoms with van der Waals surface area (Å²) in [4.78, 5) is 30.7. The maximum Gasteiger partial charge on any atom is 0.261 e. The van der Waals surface area contributed by atoms with E-state index in [0.29, 0.717) is 49.1 Å². The van der Waals surface area contributed by atoms with Crippen LogP contribution in [0.2, 0.25) is 0 Å². The SMILES string of the molecule is C=CCN1CC[C@]23c4c5ccc(O)c4O[C@H]2[C@H](N2C(=O)c4ccc(C)cc4C2=O)CCC3(O)[C@H]1C5. The lowest BCUT2D eigenvalue weighted by Crippen LogP contribution is -2.78. The van der Waals surface area contributed by atoms with Gasteiger partial charge in [0.2, 0.25) is 0 Å². The molecule has 2 amide bonds. The van der Waals surface area contributed by atoms with Gasteiger partial charge in [-0.05, 0) is 62.9 Å². The molecule has 180 valence electrons. The van der Waals surface area contributed by atoms with Crippen LogP contribution in [-0.2, 0) is 11.8 Å². The highest BCUT2D eigenvalue weighted by Crippen LogP contribution is 2.66. The zero-order valence-electron chi connectivity index (χ0n) is 19.7. The Kier molecular flexibility index (Phi) is 4.07. The van der Waals surface area contributed by atoms with Gasteiger partial charge in [-0.3, -0.25) is 19.4 Å². The predicted octanol–water partition coefficient (Wildman–Crippen LogP) is 2.71. The number of carbonyl (C=O) groups is 2. The largest absolute Gasteiger partial charge is 0.504 e. The van der Waals surface area contributed by atoms with Crippen molar-refractivity contribution in [1.29, 1.82) is 0 Å². The molecule has 7 heteroatoms. The van der Waals surface area contributed by atoms with E-state index in [4.69, 9.17) is 4.74 Å². The molecule has 1 saturated heterocycles. The minimum Gasteiger partial charge on any atom is -0.504 e. The Hall–Kier alpha value is -3.16. The average molecular weight is 473 g/mol. The lowest BCUT2D eigenvalue weighted by molar-refractivity contribution is -0.194. The fourth-order valence-corrected chi connectivity index (χ4v) is 7.93. The molecule has 0 radical (unpaired) electrons. The van der Waals surface area contributed by atoms with Crippen molar-refractivity contribution < 1.29 is 24.5 Å². The average Bonchev–Trinajstić information content (AvgIpc) is 3.30. The van der Waals surface area contributed by atoms with Crippen molar-refractivity contribution in [3.63, 3.8) is 0 Å². The van der Waals surface area contributed by atoms with E-state index in [0.717, 1.165) is 23.2 Å². The van der Waals surface area contributed by atoms with Crippen LogP contribution in [0.25, 0.3) is 0 Å². The van der Waals surface area contributed by atoms with Crippen molar-refractivity contribution in [3.05, 3.63) is 70.8 Å². The summed E-state index contributed by atoms with van der Waals surface area (Å²) in [5.74, 6) is -0.169. The molecule has 5 aliphatic rings. The van der Waals surface area contributed by atoms with Gasteiger partial charge in [0.15, 0.2) is 11.5 Å². The minimum absolute atomic E-state index is 0.0404. The van der Waals surface area contributed by atoms with E-state index in [-0.39, 0.29) is 23.6 Å². The monoisotopic (exact) mass is 472 g/mol. The maximum atomic E-state index is 13.6. The van der Waals surface area contributed by atoms with Crippen LogP contribution in [0.15, 0.2) is 43.0 Å². The molecule has 3 heterocycles. The van der Waals surface area contributed by atoms with Gasteiger partial charge in [0.25, 0.3) is 11.8 Å². The third-order valence-corrected chi connectivity index (χ3v) is 9.31. The lowest BCUT2D eigenvalue weighted by Gasteiger charge is -2.64. The molecular formula is C28H28N2O5. The number of aromatic hydroxyl groups is 1. The van der Waals surface area contributed by atoms with Crippen LogP contribution < -0.4 is 4.74 Å². The molecule has 2 aromatic carbocycles. The van der Waals surface area contributed by atoms with Crippen LogP contribution in [0.3, 0.4) is 0 Å². The molecule has 1 unspecified atom stereocenters. The van der Waals surface area contributed by atoms with E-state index in [1.165, 1.54) is 4.90 Å². The summed E-state index contributed by atoms with van der Waals surface area (Å²) in [5.41, 5.74) is 1.79. The fourth-order valence-electron chi connectivity index (χ4n) is 7.93. The van der Waals surface area contributed by atoms with Gasteiger partial charge in [0.05, 0.1) is 28.2 Å². The van der Waals surface area contributed by atoms with E-state index < -0.39 is 23.2 Å². The highest BCUT2D eigenvalue weighted by atomic mass is 16.5. The molecule has 7 rings (SSSR count). The van der Waals surface area contributed by atoms with Crippen molar-refractivity contribution in [3.8, 4) is 11.5 Å². The second-order valence-electron chi connectivity index (χ2n) is 10.8. The van der Waals surface area contributed by atoms with Gasteiger partial charge in [-0.1, -0.05) is 23.8 Å². The fraction of sp³-hybridized carbons (Fsp3) is 0.429. The molecule has 2 aliphatic carbocycles. The Bertz CT molecular complexity index is 1340. The van der Waals surface area contributed by atoms with E-state index >= 15 is 0 Å². The maximum absolute atomic E-state index is 13.6. The molecule has 0 aromatic heterocycles. The molecule has 2 fully saturated rings. The van der Waals surface area contributed by atoms with Crippen LogP contribution in [-0.4, -0.2) is 68.7 Å². The first-order valence-corrected chi connectivity index (χ1v) is 12.4. The number of aliphatic hydroxyl groups is 1. The molecule has 1 spiro atoms. The first-order chi connectivity index (χ1) is 16.8. The number of rotatable bonds is 3. The molecule has 1 saturated carbocycles. The summed E-state index contributed by atoms with van der Waals surface area (Å²) >= 11 is 0. The number of fused-ring (bicyclic) bond motifs is 1. The molecule has 5 atom stereocenters. The Balaban J connectivity index is 1.39. The summed E-state index contributed by atoms with van der Waals surface area (Å²) < 4.78 is 6.52. The number of nitrogens with zero attached hydrogens (tertiary/aromatic N) is 2. The van der Waals surface area contributed by atoms with Crippen LogP contribution >= 0.6 is 0 Å². The van der Waals surface area contributed by atoms with Gasteiger partial charge in [0, 0.05) is 18.2 Å². The van der Waals surface area contributed by atoms with Crippen molar-refractivity contribution >= 4 is 11.8 Å². The minimum atomic E-state index is -1.10. The van der Waals surface area contributed by atoms with Crippen molar-refractivity contribution in [1.82, 2.24) is 9.80 Å². The molecule has 3 aliphatic heterocycles. The van der Waals surface area contributed by atoms with Gasteiger partial charge in [0.1, 0.15) is 6.10 Å². The standard InChI is InChI=1S/C28H28N2O5/c1-3-11-29-12-10-27-22-16-5-7-20(31)23(22)35-24(27)19(8-9-28(27,34)21(29)14-16)30-25(32)17-6-4-15(2)13-18(17)26(30)33/h3-7,13,19,21,24,31,34H,1,8-12,14H2,2H3/t19-,21-,24+,27+,28?/m1/s1. The molecule has 2 N–H and O–H groups in total. The number of imide groups is 1. The summed E-state index contributed by atoms with van der Waals surface area (Å²) in [6.07, 6.45) is 3.39. The normalized spacial score (nSPS) is 34.5. The number of amides is 2. The number of benzene rings is 2. The van der Waals surface area contributed by atoms with Crippen LogP contribution in [0.5, 0.6) is 11.5 Å². The highest BCUT2D eigenvalue weighted by molar-refractivity contribution is 6.21. The Morgan fingerprint density at radius 3 is 2.77 bits per heavy atom. The molecule has 2 bridgehead atoms. The first kappa shape index (κ1) is 21.1. The number of hydrogen-bond acceptors (Lipinski definition) is 6.